The Kier molecular flexibility index (Phi) is 15.4. The third kappa shape index (κ3) is 11.9. The van der Waals surface area contributed by atoms with E-state index in [0.29, 0.717) is 17.7 Å². The maximum Gasteiger partial charge on any atom is 0.407 e. The molecule has 2 rings (SSSR count). The molecule has 0 aliphatic rings. The number of benzene rings is 2. The van der Waals surface area contributed by atoms with Crippen LogP contribution < -0.4 is 15.0 Å². The van der Waals surface area contributed by atoms with Crippen LogP contribution in [0.15, 0.2) is 30.3 Å². The lowest BCUT2D eigenvalue weighted by Crippen LogP contribution is -2.32. The highest BCUT2D eigenvalue weighted by Crippen LogP contribution is 2.32. The van der Waals surface area contributed by atoms with Gasteiger partial charge in [0.1, 0.15) is 12.4 Å². The normalized spacial score (nSPS) is 11.8. The summed E-state index contributed by atoms with van der Waals surface area (Å²) in [4.78, 5) is 26.7. The zero-order chi connectivity index (χ0) is 28.5. The molecule has 0 aliphatic heterocycles. The predicted molar refractivity (Wildman–Crippen MR) is 160 cm³/mol. The summed E-state index contributed by atoms with van der Waals surface area (Å²) >= 11 is 0. The lowest BCUT2D eigenvalue weighted by atomic mass is 9.99. The van der Waals surface area contributed by atoms with E-state index in [-0.39, 0.29) is 19.0 Å². The fourth-order valence-electron chi connectivity index (χ4n) is 4.66. The average molecular weight is 543 g/mol. The van der Waals surface area contributed by atoms with Gasteiger partial charge in [0, 0.05) is 44.2 Å². The topological polar surface area (TPSA) is 88.1 Å². The second kappa shape index (κ2) is 18.5. The summed E-state index contributed by atoms with van der Waals surface area (Å²) < 4.78 is 11.2. The van der Waals surface area contributed by atoms with Gasteiger partial charge in [-0.1, -0.05) is 83.6 Å². The van der Waals surface area contributed by atoms with Crippen LogP contribution in [0.1, 0.15) is 101 Å². The van der Waals surface area contributed by atoms with Crippen LogP contribution in [0.3, 0.4) is 0 Å². The van der Waals surface area contributed by atoms with Crippen molar-refractivity contribution < 1.29 is 24.2 Å². The maximum atomic E-state index is 13.1. The van der Waals surface area contributed by atoms with Gasteiger partial charge >= 0.3 is 6.09 Å². The highest BCUT2D eigenvalue weighted by atomic mass is 16.6. The number of fused-ring (bicyclic) bond motifs is 1. The van der Waals surface area contributed by atoms with E-state index in [4.69, 9.17) is 9.47 Å². The Morgan fingerprint density at radius 3 is 2.08 bits per heavy atom. The summed E-state index contributed by atoms with van der Waals surface area (Å²) in [5.74, 6) is 0.638. The van der Waals surface area contributed by atoms with E-state index in [1.165, 1.54) is 71.3 Å². The van der Waals surface area contributed by atoms with E-state index < -0.39 is 12.2 Å². The van der Waals surface area contributed by atoms with Crippen molar-refractivity contribution in [3.63, 3.8) is 0 Å². The quantitative estimate of drug-likeness (QED) is 0.135. The second-order valence-electron chi connectivity index (χ2n) is 10.6. The van der Waals surface area contributed by atoms with Crippen LogP contribution >= 0.6 is 0 Å². The van der Waals surface area contributed by atoms with Crippen molar-refractivity contribution in [1.29, 1.82) is 0 Å². The molecule has 0 saturated carbocycles. The van der Waals surface area contributed by atoms with Crippen LogP contribution in [0.4, 0.5) is 10.5 Å². The molecule has 2 N–H and O–H groups in total. The second-order valence-corrected chi connectivity index (χ2v) is 10.6. The van der Waals surface area contributed by atoms with Gasteiger partial charge in [0.15, 0.2) is 11.9 Å². The van der Waals surface area contributed by atoms with Gasteiger partial charge in [-0.05, 0) is 36.1 Å². The van der Waals surface area contributed by atoms with Crippen LogP contribution in [0.5, 0.6) is 5.75 Å². The molecule has 39 heavy (non-hydrogen) atoms. The molecule has 0 spiro atoms. The number of alkyl carbamates (subject to hydrolysis) is 1. The van der Waals surface area contributed by atoms with Gasteiger partial charge in [-0.15, -0.1) is 0 Å². The van der Waals surface area contributed by atoms with Crippen LogP contribution in [0, 0.1) is 0 Å². The van der Waals surface area contributed by atoms with Crippen molar-refractivity contribution in [1.82, 2.24) is 5.32 Å². The zero-order valence-corrected chi connectivity index (χ0v) is 24.6. The molecule has 0 aliphatic carbocycles. The van der Waals surface area contributed by atoms with Gasteiger partial charge in [-0.25, -0.2) is 4.79 Å². The van der Waals surface area contributed by atoms with Gasteiger partial charge in [0.25, 0.3) is 0 Å². The first kappa shape index (κ1) is 32.4. The first-order valence-electron chi connectivity index (χ1n) is 14.8. The SMILES string of the molecule is CCCCCCCCCCCCCCC(=O)c1cc(OCC(CO)OC(=O)NC)c2cc(N(C)C)ccc2c1. The molecule has 1 unspecified atom stereocenters. The van der Waals surface area contributed by atoms with Crippen LogP contribution in [0.25, 0.3) is 10.8 Å². The number of Topliss-reactive ketones (excluding diaryl/α,β-unsaturated/α-hetero) is 1. The summed E-state index contributed by atoms with van der Waals surface area (Å²) in [5, 5.41) is 13.8. The number of unbranched alkanes of at least 4 members (excludes halogenated alkanes) is 11. The van der Waals surface area contributed by atoms with Crippen molar-refractivity contribution in [2.24, 2.45) is 0 Å². The number of anilines is 1. The van der Waals surface area contributed by atoms with Crippen molar-refractivity contribution in [3.05, 3.63) is 35.9 Å². The number of carbonyl (C=O) groups is 2. The molecule has 0 heterocycles. The van der Waals surface area contributed by atoms with E-state index in [0.717, 1.165) is 29.3 Å². The highest BCUT2D eigenvalue weighted by Gasteiger charge is 2.17. The third-order valence-electron chi connectivity index (χ3n) is 7.10. The Morgan fingerprint density at radius 2 is 1.51 bits per heavy atom. The number of hydrogen-bond acceptors (Lipinski definition) is 6. The molecule has 0 bridgehead atoms. The lowest BCUT2D eigenvalue weighted by molar-refractivity contribution is 0.0301. The van der Waals surface area contributed by atoms with Crippen molar-refractivity contribution in [2.75, 3.05) is 39.3 Å². The molecule has 0 aromatic heterocycles. The standard InChI is InChI=1S/C32H50N2O5/c1-5-6-7-8-9-10-11-12-13-14-15-16-17-30(36)26-20-25-18-19-27(34(3)4)22-29(25)31(21-26)38-24-28(23-35)39-32(37)33-2/h18-22,28,35H,5-17,23-24H2,1-4H3,(H,33,37). The van der Waals surface area contributed by atoms with Gasteiger partial charge in [0.2, 0.25) is 0 Å². The fraction of sp³-hybridized carbons (Fsp3) is 0.625. The third-order valence-corrected chi connectivity index (χ3v) is 7.10. The summed E-state index contributed by atoms with van der Waals surface area (Å²) in [6, 6.07) is 9.71. The minimum atomic E-state index is -0.822. The van der Waals surface area contributed by atoms with Gasteiger partial charge in [0.05, 0.1) is 6.61 Å². The Morgan fingerprint density at radius 1 is 0.897 bits per heavy atom. The molecule has 2 aromatic carbocycles. The number of amides is 1. The number of rotatable bonds is 20. The van der Waals surface area contributed by atoms with E-state index in [1.807, 2.05) is 43.3 Å². The Hall–Kier alpha value is -2.80. The van der Waals surface area contributed by atoms with Crippen molar-refractivity contribution in [2.45, 2.75) is 96.5 Å². The highest BCUT2D eigenvalue weighted by molar-refractivity contribution is 6.02. The van der Waals surface area contributed by atoms with E-state index in [1.54, 1.807) is 6.07 Å². The minimum absolute atomic E-state index is 0.0262. The van der Waals surface area contributed by atoms with E-state index >= 15 is 0 Å². The number of nitrogens with zero attached hydrogens (tertiary/aromatic N) is 1. The van der Waals surface area contributed by atoms with Crippen molar-refractivity contribution in [3.8, 4) is 5.75 Å². The molecule has 7 nitrogen and oxygen atoms in total. The summed E-state index contributed by atoms with van der Waals surface area (Å²) in [7, 11) is 5.39. The lowest BCUT2D eigenvalue weighted by Gasteiger charge is -2.19. The summed E-state index contributed by atoms with van der Waals surface area (Å²) in [5.41, 5.74) is 1.62. The van der Waals surface area contributed by atoms with E-state index in [2.05, 4.69) is 12.2 Å². The molecule has 1 amide bonds. The average Bonchev–Trinajstić information content (AvgIpc) is 2.94. The first-order valence-corrected chi connectivity index (χ1v) is 14.8. The predicted octanol–water partition coefficient (Wildman–Crippen LogP) is 7.28. The summed E-state index contributed by atoms with van der Waals surface area (Å²) in [6.45, 7) is 1.86. The van der Waals surface area contributed by atoms with Crippen LogP contribution in [-0.4, -0.2) is 57.4 Å². The molecule has 0 radical (unpaired) electrons. The number of ketones is 1. The largest absolute Gasteiger partial charge is 0.489 e. The monoisotopic (exact) mass is 542 g/mol. The molecule has 1 atom stereocenters. The molecule has 0 fully saturated rings. The Balaban J connectivity index is 1.93. The number of carbonyl (C=O) groups excluding carboxylic acids is 2. The molecule has 0 saturated heterocycles. The van der Waals surface area contributed by atoms with Gasteiger partial charge in [-0.2, -0.15) is 0 Å². The van der Waals surface area contributed by atoms with Gasteiger partial charge in [-0.3, -0.25) is 4.79 Å². The molecule has 2 aromatic rings. The molecule has 7 heteroatoms. The Bertz CT molecular complexity index is 1010. The number of aliphatic hydroxyl groups is 1. The Labute approximate surface area is 235 Å². The smallest absolute Gasteiger partial charge is 0.407 e. The summed E-state index contributed by atoms with van der Waals surface area (Å²) in [6.07, 6.45) is 14.2. The van der Waals surface area contributed by atoms with Gasteiger partial charge < -0.3 is 24.8 Å². The first-order chi connectivity index (χ1) is 18.9. The number of ether oxygens (including phenoxy) is 2. The zero-order valence-electron chi connectivity index (χ0n) is 24.6. The minimum Gasteiger partial charge on any atom is -0.489 e. The van der Waals surface area contributed by atoms with Crippen LogP contribution in [-0.2, 0) is 4.74 Å². The molecular formula is C32H50N2O5. The fourth-order valence-corrected chi connectivity index (χ4v) is 4.66. The molecular weight excluding hydrogens is 492 g/mol. The number of nitrogens with one attached hydrogen (secondary N) is 1. The van der Waals surface area contributed by atoms with Crippen molar-refractivity contribution >= 4 is 28.3 Å². The van der Waals surface area contributed by atoms with E-state index in [9.17, 15) is 14.7 Å². The number of hydrogen-bond donors (Lipinski definition) is 2. The van der Waals surface area contributed by atoms with Crippen LogP contribution in [0.2, 0.25) is 0 Å². The maximum absolute atomic E-state index is 13.1. The number of aliphatic hydroxyl groups excluding tert-OH is 1. The molecule has 218 valence electrons.